The van der Waals surface area contributed by atoms with Crippen LogP contribution in [-0.2, 0) is 4.79 Å². The number of fused-ring (bicyclic) bond motifs is 1. The van der Waals surface area contributed by atoms with Crippen molar-refractivity contribution in [1.82, 2.24) is 0 Å². The Morgan fingerprint density at radius 2 is 1.86 bits per heavy atom. The maximum Gasteiger partial charge on any atom is 0.240 e. The first kappa shape index (κ1) is 16.8. The van der Waals surface area contributed by atoms with Gasteiger partial charge in [-0.3, -0.25) is 4.79 Å². The summed E-state index contributed by atoms with van der Waals surface area (Å²) >= 11 is 3.39. The van der Waals surface area contributed by atoms with E-state index >= 15 is 0 Å². The summed E-state index contributed by atoms with van der Waals surface area (Å²) in [6.07, 6.45) is 1.11. The van der Waals surface area contributed by atoms with Gasteiger partial charge in [0.25, 0.3) is 0 Å². The Hall–Kier alpha value is -1.55. The Morgan fingerprint density at radius 3 is 2.45 bits per heavy atom. The van der Waals surface area contributed by atoms with Crippen LogP contribution in [-0.4, -0.2) is 16.3 Å². The van der Waals surface area contributed by atoms with Gasteiger partial charge in [0.15, 0.2) is 0 Å². The molecule has 0 saturated heterocycles. The number of hydrogen-bond donors (Lipinski definition) is 1. The molecular formula is C18H22BrNO2. The summed E-state index contributed by atoms with van der Waals surface area (Å²) in [6, 6.07) is 11.8. The summed E-state index contributed by atoms with van der Waals surface area (Å²) < 4.78 is 5.37. The molecule has 0 aromatic heterocycles. The number of carbonyl (C=O) groups is 1. The van der Waals surface area contributed by atoms with Gasteiger partial charge in [0.2, 0.25) is 5.91 Å². The van der Waals surface area contributed by atoms with E-state index in [0.29, 0.717) is 0 Å². The van der Waals surface area contributed by atoms with Crippen molar-refractivity contribution in [2.75, 3.05) is 5.32 Å². The largest absolute Gasteiger partial charge is 0.490 e. The van der Waals surface area contributed by atoms with Crippen molar-refractivity contribution in [3.05, 3.63) is 36.4 Å². The van der Waals surface area contributed by atoms with Crippen molar-refractivity contribution in [2.24, 2.45) is 0 Å². The number of anilines is 1. The van der Waals surface area contributed by atoms with Crippen LogP contribution in [0, 0.1) is 0 Å². The van der Waals surface area contributed by atoms with Crippen molar-refractivity contribution in [1.29, 1.82) is 0 Å². The lowest BCUT2D eigenvalue weighted by Gasteiger charge is -2.19. The Bertz CT molecular complexity index is 676. The Balaban J connectivity index is 2.42. The SMILES string of the molecule is CCC(C)Oc1ccc(NC(=O)C(C)(C)Br)c2ccccc12. The maximum atomic E-state index is 12.2. The minimum atomic E-state index is -0.611. The number of halogens is 1. The molecule has 0 saturated carbocycles. The molecule has 1 N–H and O–H groups in total. The minimum Gasteiger partial charge on any atom is -0.490 e. The number of benzene rings is 2. The van der Waals surface area contributed by atoms with Gasteiger partial charge in [-0.2, -0.15) is 0 Å². The van der Waals surface area contributed by atoms with Gasteiger partial charge in [0, 0.05) is 16.5 Å². The van der Waals surface area contributed by atoms with Crippen molar-refractivity contribution in [2.45, 2.75) is 44.5 Å². The van der Waals surface area contributed by atoms with E-state index in [-0.39, 0.29) is 12.0 Å². The van der Waals surface area contributed by atoms with Crippen LogP contribution in [0.15, 0.2) is 36.4 Å². The monoisotopic (exact) mass is 363 g/mol. The molecule has 0 fully saturated rings. The molecule has 0 aliphatic heterocycles. The molecule has 0 aliphatic rings. The predicted molar refractivity (Wildman–Crippen MR) is 96.0 cm³/mol. The first-order valence-electron chi connectivity index (χ1n) is 7.51. The highest BCUT2D eigenvalue weighted by Crippen LogP contribution is 2.33. The van der Waals surface area contributed by atoms with E-state index in [4.69, 9.17) is 4.74 Å². The second-order valence-electron chi connectivity index (χ2n) is 5.92. The number of alkyl halides is 1. The molecule has 0 radical (unpaired) electrons. The zero-order chi connectivity index (χ0) is 16.3. The normalized spacial score (nSPS) is 13.0. The highest BCUT2D eigenvalue weighted by molar-refractivity contribution is 9.10. The molecule has 3 nitrogen and oxygen atoms in total. The number of ether oxygens (including phenoxy) is 1. The molecule has 2 rings (SSSR count). The molecular weight excluding hydrogens is 342 g/mol. The van der Waals surface area contributed by atoms with Gasteiger partial charge in [-0.05, 0) is 39.3 Å². The molecule has 1 unspecified atom stereocenters. The van der Waals surface area contributed by atoms with Gasteiger partial charge >= 0.3 is 0 Å². The summed E-state index contributed by atoms with van der Waals surface area (Å²) in [4.78, 5) is 12.2. The number of hydrogen-bond acceptors (Lipinski definition) is 2. The number of nitrogens with one attached hydrogen (secondary N) is 1. The smallest absolute Gasteiger partial charge is 0.240 e. The lowest BCUT2D eigenvalue weighted by molar-refractivity contribution is -0.117. The summed E-state index contributed by atoms with van der Waals surface area (Å²) in [5.41, 5.74) is 0.796. The third-order valence-electron chi connectivity index (χ3n) is 3.58. The standard InChI is InChI=1S/C18H22BrNO2/c1-5-12(2)22-16-11-10-15(20-17(21)18(3,4)19)13-8-6-7-9-14(13)16/h6-12H,5H2,1-4H3,(H,20,21). The van der Waals surface area contributed by atoms with E-state index in [0.717, 1.165) is 28.6 Å². The van der Waals surface area contributed by atoms with Gasteiger partial charge in [-0.25, -0.2) is 0 Å². The summed E-state index contributed by atoms with van der Waals surface area (Å²) in [6.45, 7) is 7.80. The van der Waals surface area contributed by atoms with E-state index < -0.39 is 4.32 Å². The van der Waals surface area contributed by atoms with Crippen LogP contribution in [0.2, 0.25) is 0 Å². The Kier molecular flexibility index (Phi) is 5.12. The maximum absolute atomic E-state index is 12.2. The first-order chi connectivity index (χ1) is 10.3. The average molecular weight is 364 g/mol. The molecule has 0 heterocycles. The van der Waals surface area contributed by atoms with Crippen LogP contribution < -0.4 is 10.1 Å². The fraction of sp³-hybridized carbons (Fsp3) is 0.389. The van der Waals surface area contributed by atoms with Gasteiger partial charge in [0.1, 0.15) is 5.75 Å². The zero-order valence-electron chi connectivity index (χ0n) is 13.4. The molecule has 0 bridgehead atoms. The highest BCUT2D eigenvalue weighted by Gasteiger charge is 2.24. The third-order valence-corrected chi connectivity index (χ3v) is 3.94. The fourth-order valence-electron chi connectivity index (χ4n) is 2.05. The van der Waals surface area contributed by atoms with E-state index in [1.807, 2.05) is 50.2 Å². The molecule has 4 heteroatoms. The molecule has 2 aromatic carbocycles. The lowest BCUT2D eigenvalue weighted by atomic mass is 10.1. The molecule has 0 aliphatic carbocycles. The van der Waals surface area contributed by atoms with Gasteiger partial charge in [-0.15, -0.1) is 0 Å². The predicted octanol–water partition coefficient (Wildman–Crippen LogP) is 5.13. The molecule has 22 heavy (non-hydrogen) atoms. The van der Waals surface area contributed by atoms with E-state index in [1.54, 1.807) is 0 Å². The van der Waals surface area contributed by atoms with Gasteiger partial charge in [0.05, 0.1) is 10.4 Å². The second-order valence-corrected chi connectivity index (χ2v) is 7.90. The summed E-state index contributed by atoms with van der Waals surface area (Å²) in [5, 5.41) is 4.97. The zero-order valence-corrected chi connectivity index (χ0v) is 15.0. The van der Waals surface area contributed by atoms with Crippen LogP contribution in [0.5, 0.6) is 5.75 Å². The third kappa shape index (κ3) is 3.80. The van der Waals surface area contributed by atoms with E-state index in [9.17, 15) is 4.79 Å². The number of carbonyl (C=O) groups excluding carboxylic acids is 1. The van der Waals surface area contributed by atoms with Crippen LogP contribution in [0.25, 0.3) is 10.8 Å². The Morgan fingerprint density at radius 1 is 1.23 bits per heavy atom. The minimum absolute atomic E-state index is 0.0757. The second kappa shape index (κ2) is 6.69. The van der Waals surface area contributed by atoms with Crippen molar-refractivity contribution >= 4 is 38.3 Å². The summed E-state index contributed by atoms with van der Waals surface area (Å²) in [7, 11) is 0. The van der Waals surface area contributed by atoms with Crippen molar-refractivity contribution in [3.8, 4) is 5.75 Å². The van der Waals surface area contributed by atoms with Crippen LogP contribution >= 0.6 is 15.9 Å². The van der Waals surface area contributed by atoms with Gasteiger partial charge < -0.3 is 10.1 Å². The fourth-order valence-corrected chi connectivity index (χ4v) is 2.15. The molecule has 1 amide bonds. The van der Waals surface area contributed by atoms with E-state index in [1.165, 1.54) is 0 Å². The van der Waals surface area contributed by atoms with Crippen molar-refractivity contribution in [3.63, 3.8) is 0 Å². The van der Waals surface area contributed by atoms with Gasteiger partial charge in [-0.1, -0.05) is 47.1 Å². The molecule has 118 valence electrons. The Labute approximate surface area is 140 Å². The number of rotatable bonds is 5. The van der Waals surface area contributed by atoms with Crippen molar-refractivity contribution < 1.29 is 9.53 Å². The quantitative estimate of drug-likeness (QED) is 0.747. The first-order valence-corrected chi connectivity index (χ1v) is 8.31. The molecule has 2 aromatic rings. The summed E-state index contributed by atoms with van der Waals surface area (Å²) in [5.74, 6) is 0.772. The number of amides is 1. The molecule has 1 atom stereocenters. The van der Waals surface area contributed by atoms with Crippen LogP contribution in [0.1, 0.15) is 34.1 Å². The topological polar surface area (TPSA) is 38.3 Å². The van der Waals surface area contributed by atoms with Crippen LogP contribution in [0.3, 0.4) is 0 Å². The average Bonchev–Trinajstić information content (AvgIpc) is 2.48. The molecule has 0 spiro atoms. The highest BCUT2D eigenvalue weighted by atomic mass is 79.9. The lowest BCUT2D eigenvalue weighted by Crippen LogP contribution is -2.31. The van der Waals surface area contributed by atoms with Crippen LogP contribution in [0.4, 0.5) is 5.69 Å². The van der Waals surface area contributed by atoms with E-state index in [2.05, 4.69) is 35.1 Å².